The molecule has 3 N–H and O–H groups in total. The van der Waals surface area contributed by atoms with Crippen LogP contribution in [0.15, 0.2) is 0 Å². The van der Waals surface area contributed by atoms with Crippen LogP contribution in [0.2, 0.25) is 0 Å². The Labute approximate surface area is 42.5 Å². The van der Waals surface area contributed by atoms with E-state index in [1.54, 1.807) is 0 Å². The molecule has 0 aromatic heterocycles. The van der Waals surface area contributed by atoms with Crippen LogP contribution in [0.25, 0.3) is 0 Å². The summed E-state index contributed by atoms with van der Waals surface area (Å²) in [6, 6.07) is 0. The van der Waals surface area contributed by atoms with Crippen molar-refractivity contribution >= 4 is 16.1 Å². The minimum absolute atomic E-state index is 0. The van der Waals surface area contributed by atoms with Crippen LogP contribution >= 0.6 is 0 Å². The maximum absolute atomic E-state index is 9.00. The quantitative estimate of drug-likeness (QED) is 0.391. The van der Waals surface area contributed by atoms with Crippen LogP contribution < -0.4 is 0 Å². The molecule has 0 radical (unpaired) electrons. The van der Waals surface area contributed by atoms with E-state index in [-0.39, 0.29) is 18.5 Å². The third-order valence-corrected chi connectivity index (χ3v) is 0. The van der Waals surface area contributed by atoms with Crippen molar-refractivity contribution in [1.29, 1.82) is 0 Å². The number of hydrogen-bond acceptors (Lipinski definition) is 1. The number of carboxylic acids is 1. The Balaban J connectivity index is -0.00000000750. The van der Waals surface area contributed by atoms with Crippen LogP contribution in [0.3, 0.4) is 0 Å². The first-order valence-corrected chi connectivity index (χ1v) is 0.928. The number of carbonyl (C=O) groups is 1. The SMILES string of the molecule is CC(=O)O.O.[Be+2].[H-].[H-]. The second kappa shape index (κ2) is 8.82. The van der Waals surface area contributed by atoms with Crippen molar-refractivity contribution in [2.24, 2.45) is 0 Å². The molecule has 0 fully saturated rings. The Morgan fingerprint density at radius 1 is 1.83 bits per heavy atom. The van der Waals surface area contributed by atoms with Gasteiger partial charge in [0.2, 0.25) is 0 Å². The molecule has 0 aliphatic heterocycles. The molecular formula is C2H8BeO3. The number of rotatable bonds is 0. The molecule has 0 saturated carbocycles. The van der Waals surface area contributed by atoms with Crippen molar-refractivity contribution in [1.82, 2.24) is 0 Å². The molecule has 0 aromatic rings. The molecular weight excluding hydrogens is 81.0 g/mol. The molecule has 3 nitrogen and oxygen atoms in total. The molecule has 6 heavy (non-hydrogen) atoms. The van der Waals surface area contributed by atoms with E-state index >= 15 is 0 Å². The molecule has 36 valence electrons. The number of hydrogen-bond donors (Lipinski definition) is 1. The third-order valence-electron chi connectivity index (χ3n) is 0. The van der Waals surface area contributed by atoms with E-state index in [1.165, 1.54) is 0 Å². The molecule has 0 spiro atoms. The van der Waals surface area contributed by atoms with Crippen molar-refractivity contribution in [3.05, 3.63) is 0 Å². The molecule has 0 aromatic carbocycles. The van der Waals surface area contributed by atoms with Crippen molar-refractivity contribution < 1.29 is 18.2 Å². The van der Waals surface area contributed by atoms with E-state index in [9.17, 15) is 0 Å². The Morgan fingerprint density at radius 2 is 1.83 bits per heavy atom. The summed E-state index contributed by atoms with van der Waals surface area (Å²) in [5.41, 5.74) is 0. The average Bonchev–Trinajstić information content (AvgIpc) is 0.811. The zero-order valence-electron chi connectivity index (χ0n) is 5.56. The van der Waals surface area contributed by atoms with Crippen LogP contribution in [0.4, 0.5) is 0 Å². The standard InChI is InChI=1S/C2H4O2.Be.H2O.2H/c1-2(3)4;;;;/h1H3,(H,3,4);;1H2;;/q;+2;;2*-1. The Morgan fingerprint density at radius 3 is 1.83 bits per heavy atom. The molecule has 0 amide bonds. The van der Waals surface area contributed by atoms with Gasteiger partial charge in [0.25, 0.3) is 5.97 Å². The Kier molecular flexibility index (Phi) is 25.8. The van der Waals surface area contributed by atoms with Crippen LogP contribution in [-0.4, -0.2) is 26.7 Å². The number of aliphatic carboxylic acids is 1. The summed E-state index contributed by atoms with van der Waals surface area (Å²) in [6.45, 7) is 1.08. The minimum atomic E-state index is -0.833. The van der Waals surface area contributed by atoms with Crippen molar-refractivity contribution in [3.8, 4) is 0 Å². The van der Waals surface area contributed by atoms with Gasteiger partial charge in [-0.25, -0.2) is 0 Å². The predicted octanol–water partition coefficient (Wildman–Crippen LogP) is -0.890. The normalized spacial score (nSPS) is 4.17. The van der Waals surface area contributed by atoms with Gasteiger partial charge in [0.1, 0.15) is 0 Å². The largest absolute Gasteiger partial charge is 2.00 e. The fourth-order valence-electron chi connectivity index (χ4n) is 0. The van der Waals surface area contributed by atoms with E-state index in [4.69, 9.17) is 9.90 Å². The smallest absolute Gasteiger partial charge is 1.00 e. The van der Waals surface area contributed by atoms with Gasteiger partial charge in [-0.05, 0) is 0 Å². The first-order valence-electron chi connectivity index (χ1n) is 0.928. The van der Waals surface area contributed by atoms with Crippen LogP contribution in [0.5, 0.6) is 0 Å². The molecule has 0 unspecified atom stereocenters. The minimum Gasteiger partial charge on any atom is -1.00 e. The van der Waals surface area contributed by atoms with Gasteiger partial charge in [-0.15, -0.1) is 0 Å². The molecule has 0 heterocycles. The van der Waals surface area contributed by atoms with E-state index in [0.29, 0.717) is 0 Å². The maximum atomic E-state index is 9.00. The van der Waals surface area contributed by atoms with Gasteiger partial charge in [0, 0.05) is 6.92 Å². The zero-order chi connectivity index (χ0) is 3.58. The summed E-state index contributed by atoms with van der Waals surface area (Å²) in [7, 11) is 0. The van der Waals surface area contributed by atoms with Gasteiger partial charge < -0.3 is 13.4 Å². The van der Waals surface area contributed by atoms with E-state index in [1.807, 2.05) is 0 Å². The van der Waals surface area contributed by atoms with Gasteiger partial charge in [0.05, 0.1) is 0 Å². The Bertz CT molecular complexity index is 38.3. The molecule has 0 atom stereocenters. The van der Waals surface area contributed by atoms with Crippen molar-refractivity contribution in [2.75, 3.05) is 0 Å². The molecule has 0 rings (SSSR count). The second-order valence-corrected chi connectivity index (χ2v) is 0.519. The summed E-state index contributed by atoms with van der Waals surface area (Å²) in [5.74, 6) is -0.833. The number of carboxylic acid groups (broad SMARTS) is 1. The molecule has 0 aliphatic carbocycles. The zero-order valence-corrected chi connectivity index (χ0v) is 3.56. The van der Waals surface area contributed by atoms with Crippen LogP contribution in [0.1, 0.15) is 9.78 Å². The van der Waals surface area contributed by atoms with Crippen molar-refractivity contribution in [2.45, 2.75) is 6.92 Å². The van der Waals surface area contributed by atoms with E-state index < -0.39 is 5.97 Å². The summed E-state index contributed by atoms with van der Waals surface area (Å²) in [4.78, 5) is 9.00. The van der Waals surface area contributed by atoms with Crippen molar-refractivity contribution in [3.63, 3.8) is 0 Å². The fraction of sp³-hybridized carbons (Fsp3) is 0.500. The van der Waals surface area contributed by atoms with Crippen LogP contribution in [-0.2, 0) is 4.79 Å². The average molecular weight is 89.1 g/mol. The van der Waals surface area contributed by atoms with Gasteiger partial charge in [-0.3, -0.25) is 4.79 Å². The predicted molar refractivity (Wildman–Crippen MR) is 24.9 cm³/mol. The molecule has 0 bridgehead atoms. The second-order valence-electron chi connectivity index (χ2n) is 0.519. The topological polar surface area (TPSA) is 68.8 Å². The molecule has 0 saturated heterocycles. The maximum Gasteiger partial charge on any atom is 2.00 e. The first-order chi connectivity index (χ1) is 1.73. The van der Waals surface area contributed by atoms with E-state index in [0.717, 1.165) is 6.92 Å². The molecule has 4 heteroatoms. The first kappa shape index (κ1) is 17.5. The van der Waals surface area contributed by atoms with E-state index in [2.05, 4.69) is 0 Å². The molecule has 0 aliphatic rings. The van der Waals surface area contributed by atoms with Gasteiger partial charge in [-0.1, -0.05) is 0 Å². The van der Waals surface area contributed by atoms with Gasteiger partial charge in [-0.2, -0.15) is 0 Å². The summed E-state index contributed by atoms with van der Waals surface area (Å²) in [5, 5.41) is 7.42. The summed E-state index contributed by atoms with van der Waals surface area (Å²) in [6.07, 6.45) is 0. The third kappa shape index (κ3) is 151. The summed E-state index contributed by atoms with van der Waals surface area (Å²) >= 11 is 0. The van der Waals surface area contributed by atoms with Gasteiger partial charge >= 0.3 is 10.1 Å². The Hall–Kier alpha value is -0.401. The monoisotopic (exact) mass is 89.1 g/mol. The fourth-order valence-corrected chi connectivity index (χ4v) is 0. The summed E-state index contributed by atoms with van der Waals surface area (Å²) < 4.78 is 0. The van der Waals surface area contributed by atoms with Crippen LogP contribution in [0, 0.1) is 0 Å². The van der Waals surface area contributed by atoms with Gasteiger partial charge in [0.15, 0.2) is 0 Å².